The molecule has 74 valence electrons. The van der Waals surface area contributed by atoms with E-state index in [-0.39, 0.29) is 21.8 Å². The Labute approximate surface area is 85.8 Å². The van der Waals surface area contributed by atoms with Crippen LogP contribution in [0.5, 0.6) is 5.75 Å². The van der Waals surface area contributed by atoms with E-state index in [9.17, 15) is 13.5 Å². The maximum Gasteiger partial charge on any atom is 0.261 e. The molecule has 1 rings (SSSR count). The molecular formula is C8H6ClNO3S. The third-order valence-corrected chi connectivity index (χ3v) is 3.17. The van der Waals surface area contributed by atoms with E-state index in [1.54, 1.807) is 6.07 Å². The summed E-state index contributed by atoms with van der Waals surface area (Å²) in [6, 6.07) is 4.03. The second-order valence-corrected chi connectivity index (χ2v) is 5.20. The molecule has 0 aliphatic carbocycles. The molecule has 0 atom stereocenters. The Morgan fingerprint density at radius 3 is 2.50 bits per heavy atom. The highest BCUT2D eigenvalue weighted by molar-refractivity contribution is 8.13. The molecule has 1 aromatic carbocycles. The monoisotopic (exact) mass is 231 g/mol. The van der Waals surface area contributed by atoms with Crippen molar-refractivity contribution in [2.75, 3.05) is 0 Å². The van der Waals surface area contributed by atoms with E-state index in [0.29, 0.717) is 0 Å². The SMILES string of the molecule is Cc1c(O)cc(C#N)cc1S(=O)(=O)Cl. The zero-order chi connectivity index (χ0) is 10.9. The van der Waals surface area contributed by atoms with Gasteiger partial charge < -0.3 is 5.11 Å². The minimum atomic E-state index is -3.93. The fraction of sp³-hybridized carbons (Fsp3) is 0.125. The van der Waals surface area contributed by atoms with Crippen LogP contribution in [-0.4, -0.2) is 13.5 Å². The standard InChI is InChI=1S/C8H6ClNO3S/c1-5-7(11)2-6(4-10)3-8(5)14(9,12)13/h2-3,11H,1H3. The molecule has 0 amide bonds. The highest BCUT2D eigenvalue weighted by Gasteiger charge is 2.17. The van der Waals surface area contributed by atoms with Crippen molar-refractivity contribution in [2.24, 2.45) is 0 Å². The molecule has 0 fully saturated rings. The Bertz CT molecular complexity index is 516. The molecule has 0 unspecified atom stereocenters. The number of hydrogen-bond donors (Lipinski definition) is 1. The zero-order valence-electron chi connectivity index (χ0n) is 7.15. The van der Waals surface area contributed by atoms with Gasteiger partial charge in [0.15, 0.2) is 0 Å². The molecular weight excluding hydrogens is 226 g/mol. The zero-order valence-corrected chi connectivity index (χ0v) is 8.72. The van der Waals surface area contributed by atoms with Gasteiger partial charge in [-0.05, 0) is 19.1 Å². The minimum absolute atomic E-state index is 0.0484. The van der Waals surface area contributed by atoms with Crippen molar-refractivity contribution in [3.05, 3.63) is 23.3 Å². The van der Waals surface area contributed by atoms with E-state index in [1.807, 2.05) is 0 Å². The Kier molecular flexibility index (Phi) is 2.69. The quantitative estimate of drug-likeness (QED) is 0.743. The number of benzene rings is 1. The normalized spacial score (nSPS) is 10.9. The Balaban J connectivity index is 3.61. The van der Waals surface area contributed by atoms with Crippen molar-refractivity contribution < 1.29 is 13.5 Å². The predicted molar refractivity (Wildman–Crippen MR) is 50.6 cm³/mol. The van der Waals surface area contributed by atoms with E-state index in [4.69, 9.17) is 15.9 Å². The van der Waals surface area contributed by atoms with Gasteiger partial charge in [0.2, 0.25) is 0 Å². The average Bonchev–Trinajstić information content (AvgIpc) is 2.07. The molecule has 0 bridgehead atoms. The van der Waals surface area contributed by atoms with Crippen molar-refractivity contribution in [1.29, 1.82) is 5.26 Å². The Morgan fingerprint density at radius 1 is 1.50 bits per heavy atom. The van der Waals surface area contributed by atoms with Gasteiger partial charge >= 0.3 is 0 Å². The molecule has 0 spiro atoms. The van der Waals surface area contributed by atoms with E-state index in [1.165, 1.54) is 13.0 Å². The van der Waals surface area contributed by atoms with Crippen LogP contribution in [-0.2, 0) is 9.05 Å². The molecule has 1 aromatic rings. The number of rotatable bonds is 1. The molecule has 0 aliphatic rings. The van der Waals surface area contributed by atoms with Crippen molar-refractivity contribution in [3.8, 4) is 11.8 Å². The van der Waals surface area contributed by atoms with Gasteiger partial charge in [-0.15, -0.1) is 0 Å². The van der Waals surface area contributed by atoms with Gasteiger partial charge in [-0.1, -0.05) is 0 Å². The van der Waals surface area contributed by atoms with Crippen LogP contribution in [0.15, 0.2) is 17.0 Å². The number of halogens is 1. The number of phenols is 1. The Morgan fingerprint density at radius 2 is 2.07 bits per heavy atom. The molecule has 0 radical (unpaired) electrons. The topological polar surface area (TPSA) is 78.2 Å². The summed E-state index contributed by atoms with van der Waals surface area (Å²) < 4.78 is 22.0. The summed E-state index contributed by atoms with van der Waals surface area (Å²) in [5, 5.41) is 17.8. The molecule has 0 aromatic heterocycles. The molecule has 6 heteroatoms. The van der Waals surface area contributed by atoms with Crippen molar-refractivity contribution in [1.82, 2.24) is 0 Å². The fourth-order valence-electron chi connectivity index (χ4n) is 0.991. The summed E-state index contributed by atoms with van der Waals surface area (Å²) in [5.41, 5.74) is 0.186. The van der Waals surface area contributed by atoms with Gasteiger partial charge in [-0.25, -0.2) is 8.42 Å². The number of hydrogen-bond acceptors (Lipinski definition) is 4. The first kappa shape index (κ1) is 10.8. The van der Waals surface area contributed by atoms with Crippen molar-refractivity contribution in [3.63, 3.8) is 0 Å². The van der Waals surface area contributed by atoms with Crippen molar-refractivity contribution in [2.45, 2.75) is 11.8 Å². The van der Waals surface area contributed by atoms with Gasteiger partial charge in [-0.2, -0.15) is 5.26 Å². The molecule has 0 heterocycles. The molecule has 0 aliphatic heterocycles. The van der Waals surface area contributed by atoms with Gasteiger partial charge in [0.1, 0.15) is 5.75 Å². The van der Waals surface area contributed by atoms with E-state index in [0.717, 1.165) is 6.07 Å². The molecule has 4 nitrogen and oxygen atoms in total. The van der Waals surface area contributed by atoms with Gasteiger partial charge in [-0.3, -0.25) is 0 Å². The number of phenolic OH excluding ortho intramolecular Hbond substituents is 1. The lowest BCUT2D eigenvalue weighted by Gasteiger charge is -2.04. The van der Waals surface area contributed by atoms with Crippen LogP contribution in [0.4, 0.5) is 0 Å². The molecule has 1 N–H and O–H groups in total. The van der Waals surface area contributed by atoms with Crippen LogP contribution in [0.25, 0.3) is 0 Å². The largest absolute Gasteiger partial charge is 0.508 e. The maximum atomic E-state index is 11.0. The summed E-state index contributed by atoms with van der Waals surface area (Å²) in [4.78, 5) is -0.240. The van der Waals surface area contributed by atoms with Gasteiger partial charge in [0.05, 0.1) is 16.5 Å². The molecule has 0 saturated carbocycles. The molecule has 14 heavy (non-hydrogen) atoms. The Hall–Kier alpha value is -1.25. The lowest BCUT2D eigenvalue weighted by atomic mass is 10.1. The summed E-state index contributed by atoms with van der Waals surface area (Å²) in [6.07, 6.45) is 0. The summed E-state index contributed by atoms with van der Waals surface area (Å²) in [5.74, 6) is -0.261. The van der Waals surface area contributed by atoms with Crippen LogP contribution in [0, 0.1) is 18.3 Å². The fourth-order valence-corrected chi connectivity index (χ4v) is 2.21. The summed E-state index contributed by atoms with van der Waals surface area (Å²) >= 11 is 0. The summed E-state index contributed by atoms with van der Waals surface area (Å²) in [6.45, 7) is 1.41. The average molecular weight is 232 g/mol. The number of nitrogens with zero attached hydrogens (tertiary/aromatic N) is 1. The highest BCUT2D eigenvalue weighted by atomic mass is 35.7. The van der Waals surface area contributed by atoms with Crippen LogP contribution in [0.1, 0.15) is 11.1 Å². The smallest absolute Gasteiger partial charge is 0.261 e. The van der Waals surface area contributed by atoms with Crippen LogP contribution in [0.3, 0.4) is 0 Å². The predicted octanol–water partition coefficient (Wildman–Crippen LogP) is 1.50. The lowest BCUT2D eigenvalue weighted by Crippen LogP contribution is -1.95. The first-order valence-corrected chi connectivity index (χ1v) is 5.85. The van der Waals surface area contributed by atoms with E-state index in [2.05, 4.69) is 0 Å². The molecule has 0 saturated heterocycles. The lowest BCUT2D eigenvalue weighted by molar-refractivity contribution is 0.468. The first-order valence-electron chi connectivity index (χ1n) is 3.54. The first-order chi connectivity index (χ1) is 6.36. The van der Waals surface area contributed by atoms with Gasteiger partial charge in [0, 0.05) is 16.2 Å². The summed E-state index contributed by atoms with van der Waals surface area (Å²) in [7, 11) is 1.19. The third-order valence-electron chi connectivity index (χ3n) is 1.72. The second kappa shape index (κ2) is 3.48. The van der Waals surface area contributed by atoms with Crippen LogP contribution < -0.4 is 0 Å². The van der Waals surface area contributed by atoms with Crippen LogP contribution in [0.2, 0.25) is 0 Å². The van der Waals surface area contributed by atoms with Gasteiger partial charge in [0.25, 0.3) is 9.05 Å². The second-order valence-electron chi connectivity index (χ2n) is 2.67. The van der Waals surface area contributed by atoms with E-state index >= 15 is 0 Å². The van der Waals surface area contributed by atoms with Crippen molar-refractivity contribution >= 4 is 19.7 Å². The number of nitriles is 1. The van der Waals surface area contributed by atoms with Crippen LogP contribution >= 0.6 is 10.7 Å². The van der Waals surface area contributed by atoms with E-state index < -0.39 is 9.05 Å². The third kappa shape index (κ3) is 1.97. The number of aromatic hydroxyl groups is 1. The maximum absolute atomic E-state index is 11.0. The minimum Gasteiger partial charge on any atom is -0.508 e. The highest BCUT2D eigenvalue weighted by Crippen LogP contribution is 2.28.